The Bertz CT molecular complexity index is 967. The van der Waals surface area contributed by atoms with E-state index < -0.39 is 22.5 Å². The molecule has 0 bridgehead atoms. The average Bonchev–Trinajstić information content (AvgIpc) is 2.57. The summed E-state index contributed by atoms with van der Waals surface area (Å²) in [5.41, 5.74) is 1.04. The van der Waals surface area contributed by atoms with Crippen molar-refractivity contribution in [3.05, 3.63) is 62.0 Å². The summed E-state index contributed by atoms with van der Waals surface area (Å²) in [5, 5.41) is 8.66. The Morgan fingerprint density at radius 2 is 1.88 bits per heavy atom. The highest BCUT2D eigenvalue weighted by Crippen LogP contribution is 2.32. The largest absolute Gasteiger partial charge is 0.460 e. The van der Waals surface area contributed by atoms with Crippen LogP contribution in [0.15, 0.2) is 45.8 Å². The zero-order valence-corrected chi connectivity index (χ0v) is 16.9. The van der Waals surface area contributed by atoms with Crippen LogP contribution >= 0.6 is 39.1 Å². The van der Waals surface area contributed by atoms with Crippen molar-refractivity contribution >= 4 is 55.1 Å². The van der Waals surface area contributed by atoms with Gasteiger partial charge in [0.1, 0.15) is 18.0 Å². The van der Waals surface area contributed by atoms with Gasteiger partial charge >= 0.3 is 5.97 Å². The van der Waals surface area contributed by atoms with Crippen molar-refractivity contribution in [2.75, 3.05) is 6.54 Å². The lowest BCUT2D eigenvalue weighted by molar-refractivity contribution is -0.143. The number of ether oxygens (including phenoxy) is 1. The monoisotopic (exact) mass is 476 g/mol. The topological polar surface area (TPSA) is 96.3 Å². The van der Waals surface area contributed by atoms with Gasteiger partial charge in [0.2, 0.25) is 10.0 Å². The summed E-state index contributed by atoms with van der Waals surface area (Å²) in [6.45, 7) is -0.682. The van der Waals surface area contributed by atoms with E-state index in [4.69, 9.17) is 33.2 Å². The molecule has 26 heavy (non-hydrogen) atoms. The summed E-state index contributed by atoms with van der Waals surface area (Å²) in [7, 11) is -4.11. The summed E-state index contributed by atoms with van der Waals surface area (Å²) in [4.78, 5) is 11.5. The second kappa shape index (κ2) is 8.84. The highest BCUT2D eigenvalue weighted by molar-refractivity contribution is 9.10. The normalized spacial score (nSPS) is 11.0. The van der Waals surface area contributed by atoms with Crippen LogP contribution in [-0.4, -0.2) is 20.9 Å². The van der Waals surface area contributed by atoms with E-state index in [2.05, 4.69) is 20.7 Å². The van der Waals surface area contributed by atoms with E-state index in [0.29, 0.717) is 15.6 Å². The third-order valence-electron chi connectivity index (χ3n) is 3.09. The zero-order chi connectivity index (χ0) is 19.3. The quantitative estimate of drug-likeness (QED) is 0.640. The number of rotatable bonds is 6. The van der Waals surface area contributed by atoms with E-state index in [1.54, 1.807) is 24.3 Å². The van der Waals surface area contributed by atoms with Crippen LogP contribution in [-0.2, 0) is 26.2 Å². The van der Waals surface area contributed by atoms with Gasteiger partial charge in [0, 0.05) is 4.47 Å². The number of hydrogen-bond acceptors (Lipinski definition) is 5. The predicted molar refractivity (Wildman–Crippen MR) is 100 cm³/mol. The molecule has 0 aliphatic rings. The molecule has 2 rings (SSSR count). The van der Waals surface area contributed by atoms with Gasteiger partial charge in [0.05, 0.1) is 21.7 Å². The summed E-state index contributed by atoms with van der Waals surface area (Å²) >= 11 is 15.0. The predicted octanol–water partition coefficient (Wildman–Crippen LogP) is 3.65. The Morgan fingerprint density at radius 3 is 2.50 bits per heavy atom. The van der Waals surface area contributed by atoms with Gasteiger partial charge in [-0.3, -0.25) is 4.79 Å². The fourth-order valence-corrected chi connectivity index (χ4v) is 4.86. The van der Waals surface area contributed by atoms with Crippen LogP contribution in [0.25, 0.3) is 0 Å². The van der Waals surface area contributed by atoms with E-state index in [1.165, 1.54) is 12.1 Å². The molecular formula is C16H11BrCl2N2O4S. The lowest BCUT2D eigenvalue weighted by atomic mass is 10.1. The standard InChI is InChI=1S/C16H11BrCl2N2O4S/c17-12-5-13(18)16(14(19)6-12)26(23,24)21-8-15(22)25-9-11-3-1-2-10(4-11)7-20/h1-6,21H,8-9H2. The van der Waals surface area contributed by atoms with Gasteiger partial charge in [-0.1, -0.05) is 51.3 Å². The number of nitriles is 1. The van der Waals surface area contributed by atoms with Crippen LogP contribution in [0.1, 0.15) is 11.1 Å². The van der Waals surface area contributed by atoms with E-state index in [-0.39, 0.29) is 21.5 Å². The number of nitrogens with one attached hydrogen (secondary N) is 1. The molecule has 2 aromatic rings. The van der Waals surface area contributed by atoms with Gasteiger partial charge in [0.25, 0.3) is 0 Å². The Hall–Kier alpha value is -1.63. The summed E-state index contributed by atoms with van der Waals surface area (Å²) in [6.07, 6.45) is 0. The number of esters is 1. The molecule has 136 valence electrons. The number of carbonyl (C=O) groups is 1. The van der Waals surface area contributed by atoms with Gasteiger partial charge in [-0.15, -0.1) is 0 Å². The van der Waals surface area contributed by atoms with Crippen LogP contribution < -0.4 is 4.72 Å². The first-order valence-corrected chi connectivity index (χ1v) is 10.0. The number of benzene rings is 2. The van der Waals surface area contributed by atoms with Gasteiger partial charge in [0.15, 0.2) is 0 Å². The lowest BCUT2D eigenvalue weighted by Crippen LogP contribution is -2.31. The van der Waals surface area contributed by atoms with Crippen molar-refractivity contribution in [2.45, 2.75) is 11.5 Å². The number of hydrogen-bond donors (Lipinski definition) is 1. The first-order valence-electron chi connectivity index (χ1n) is 7.02. The smallest absolute Gasteiger partial charge is 0.321 e. The maximum Gasteiger partial charge on any atom is 0.321 e. The fraction of sp³-hybridized carbons (Fsp3) is 0.125. The molecule has 1 N–H and O–H groups in total. The van der Waals surface area contributed by atoms with E-state index in [1.807, 2.05) is 6.07 Å². The van der Waals surface area contributed by atoms with Crippen LogP contribution in [0.3, 0.4) is 0 Å². The van der Waals surface area contributed by atoms with Crippen molar-refractivity contribution in [2.24, 2.45) is 0 Å². The van der Waals surface area contributed by atoms with Crippen molar-refractivity contribution in [1.29, 1.82) is 5.26 Å². The molecule has 0 saturated heterocycles. The minimum atomic E-state index is -4.11. The highest BCUT2D eigenvalue weighted by Gasteiger charge is 2.23. The first-order chi connectivity index (χ1) is 12.2. The summed E-state index contributed by atoms with van der Waals surface area (Å²) in [6, 6.07) is 11.2. The van der Waals surface area contributed by atoms with Crippen molar-refractivity contribution in [1.82, 2.24) is 4.72 Å². The van der Waals surface area contributed by atoms with Crippen LogP contribution in [0.2, 0.25) is 10.0 Å². The van der Waals surface area contributed by atoms with Crippen molar-refractivity contribution in [3.8, 4) is 6.07 Å². The van der Waals surface area contributed by atoms with Crippen molar-refractivity contribution in [3.63, 3.8) is 0 Å². The van der Waals surface area contributed by atoms with Gasteiger partial charge in [-0.2, -0.15) is 9.98 Å². The molecule has 0 spiro atoms. The maximum absolute atomic E-state index is 12.3. The van der Waals surface area contributed by atoms with E-state index in [0.717, 1.165) is 0 Å². The molecule has 6 nitrogen and oxygen atoms in total. The van der Waals surface area contributed by atoms with Gasteiger partial charge in [-0.05, 0) is 29.8 Å². The molecule has 0 saturated carbocycles. The third kappa shape index (κ3) is 5.43. The molecule has 0 unspecified atom stereocenters. The van der Waals surface area contributed by atoms with Crippen LogP contribution in [0.4, 0.5) is 0 Å². The molecular weight excluding hydrogens is 467 g/mol. The van der Waals surface area contributed by atoms with Gasteiger partial charge < -0.3 is 4.74 Å². The van der Waals surface area contributed by atoms with Crippen LogP contribution in [0, 0.1) is 11.3 Å². The minimum absolute atomic E-state index is 0.0847. The van der Waals surface area contributed by atoms with E-state index in [9.17, 15) is 13.2 Å². The zero-order valence-electron chi connectivity index (χ0n) is 13.0. The SMILES string of the molecule is N#Cc1cccc(COC(=O)CNS(=O)(=O)c2c(Cl)cc(Br)cc2Cl)c1. The molecule has 0 amide bonds. The summed E-state index contributed by atoms with van der Waals surface area (Å²) in [5.74, 6) is -0.791. The summed E-state index contributed by atoms with van der Waals surface area (Å²) < 4.78 is 32.2. The fourth-order valence-electron chi connectivity index (χ4n) is 1.96. The third-order valence-corrected chi connectivity index (χ3v) is 5.87. The van der Waals surface area contributed by atoms with Gasteiger partial charge in [-0.25, -0.2) is 8.42 Å². The molecule has 0 fully saturated rings. The average molecular weight is 478 g/mol. The van der Waals surface area contributed by atoms with Crippen molar-refractivity contribution < 1.29 is 17.9 Å². The molecule has 0 aromatic heterocycles. The molecule has 0 heterocycles. The molecule has 0 radical (unpaired) electrons. The maximum atomic E-state index is 12.3. The number of sulfonamides is 1. The number of halogens is 3. The number of nitrogens with zero attached hydrogens (tertiary/aromatic N) is 1. The Labute approximate surface area is 168 Å². The molecule has 2 aromatic carbocycles. The molecule has 0 aliphatic carbocycles. The van der Waals surface area contributed by atoms with Crippen LogP contribution in [0.5, 0.6) is 0 Å². The molecule has 0 aliphatic heterocycles. The molecule has 10 heteroatoms. The minimum Gasteiger partial charge on any atom is -0.460 e. The Kier molecular flexibility index (Phi) is 7.03. The Morgan fingerprint density at radius 1 is 1.23 bits per heavy atom. The first kappa shape index (κ1) is 20.7. The lowest BCUT2D eigenvalue weighted by Gasteiger charge is -2.10. The second-order valence-electron chi connectivity index (χ2n) is 5.00. The second-order valence-corrected chi connectivity index (χ2v) is 8.43. The molecule has 0 atom stereocenters. The highest BCUT2D eigenvalue weighted by atomic mass is 79.9. The Balaban J connectivity index is 1.99. The van der Waals surface area contributed by atoms with E-state index >= 15 is 0 Å². The number of carbonyl (C=O) groups excluding carboxylic acids is 1.